The van der Waals surface area contributed by atoms with E-state index in [2.05, 4.69) is 25.3 Å². The molecule has 0 spiro atoms. The van der Waals surface area contributed by atoms with E-state index in [1.54, 1.807) is 17.0 Å². The molecule has 1 saturated carbocycles. The third-order valence-electron chi connectivity index (χ3n) is 6.30. The molecule has 1 atom stereocenters. The molecular weight excluding hydrogens is 438 g/mol. The lowest BCUT2D eigenvalue weighted by Gasteiger charge is -2.35. The summed E-state index contributed by atoms with van der Waals surface area (Å²) in [7, 11) is 0. The van der Waals surface area contributed by atoms with Gasteiger partial charge in [0, 0.05) is 0 Å². The summed E-state index contributed by atoms with van der Waals surface area (Å²) in [4.78, 5) is 34.8. The highest BCUT2D eigenvalue weighted by Gasteiger charge is 2.33. The Balaban J connectivity index is 1.60. The van der Waals surface area contributed by atoms with Crippen molar-refractivity contribution in [2.75, 3.05) is 5.32 Å². The van der Waals surface area contributed by atoms with Crippen molar-refractivity contribution >= 4 is 39.5 Å². The average molecular weight is 458 g/mol. The van der Waals surface area contributed by atoms with E-state index in [9.17, 15) is 4.79 Å². The van der Waals surface area contributed by atoms with E-state index in [1.165, 1.54) is 6.33 Å². The lowest BCUT2D eigenvalue weighted by atomic mass is 9.79. The van der Waals surface area contributed by atoms with Gasteiger partial charge in [-0.2, -0.15) is 0 Å². The zero-order chi connectivity index (χ0) is 22.4. The molecule has 6 rings (SSSR count). The second kappa shape index (κ2) is 7.97. The van der Waals surface area contributed by atoms with Crippen molar-refractivity contribution in [3.63, 3.8) is 0 Å². The first kappa shape index (κ1) is 19.9. The molecule has 2 N–H and O–H groups in total. The van der Waals surface area contributed by atoms with Gasteiger partial charge in [-0.1, -0.05) is 42.3 Å². The number of aromatic nitrogens is 6. The van der Waals surface area contributed by atoms with Gasteiger partial charge in [-0.05, 0) is 43.0 Å². The first-order valence-electron chi connectivity index (χ1n) is 10.9. The van der Waals surface area contributed by atoms with Crippen molar-refractivity contribution in [3.8, 4) is 5.69 Å². The van der Waals surface area contributed by atoms with Crippen LogP contribution in [0.2, 0.25) is 5.02 Å². The van der Waals surface area contributed by atoms with Crippen LogP contribution in [-0.2, 0) is 0 Å². The molecule has 9 heteroatoms. The van der Waals surface area contributed by atoms with Gasteiger partial charge in [-0.25, -0.2) is 19.9 Å². The van der Waals surface area contributed by atoms with Gasteiger partial charge in [-0.15, -0.1) is 0 Å². The van der Waals surface area contributed by atoms with Crippen LogP contribution in [0.25, 0.3) is 27.8 Å². The fourth-order valence-corrected chi connectivity index (χ4v) is 4.68. The number of anilines is 1. The topological polar surface area (TPSA) is 101 Å². The summed E-state index contributed by atoms with van der Waals surface area (Å²) in [5.74, 6) is 1.57. The average Bonchev–Trinajstić information content (AvgIpc) is 3.28. The van der Waals surface area contributed by atoms with Gasteiger partial charge in [-0.3, -0.25) is 9.36 Å². The maximum Gasteiger partial charge on any atom is 0.267 e. The number of halogens is 1. The zero-order valence-corrected chi connectivity index (χ0v) is 18.3. The Morgan fingerprint density at radius 3 is 2.70 bits per heavy atom. The summed E-state index contributed by atoms with van der Waals surface area (Å²) < 4.78 is 1.68. The van der Waals surface area contributed by atoms with Gasteiger partial charge >= 0.3 is 0 Å². The minimum atomic E-state index is -0.239. The SMILES string of the molecule is O=c1c2c(Cl)cccc2nc(C(Nc2ncnc3nc[nH]c23)C2CCC2)n1-c1ccccc1. The quantitative estimate of drug-likeness (QED) is 0.398. The fourth-order valence-electron chi connectivity index (χ4n) is 4.43. The largest absolute Gasteiger partial charge is 0.358 e. The molecule has 3 aromatic heterocycles. The van der Waals surface area contributed by atoms with Crippen LogP contribution in [0.15, 0.2) is 66.0 Å². The minimum absolute atomic E-state index is 0.188. The van der Waals surface area contributed by atoms with Gasteiger partial charge in [0.05, 0.1) is 34.0 Å². The third-order valence-corrected chi connectivity index (χ3v) is 6.62. The summed E-state index contributed by atoms with van der Waals surface area (Å²) in [6.07, 6.45) is 6.29. The molecule has 164 valence electrons. The summed E-state index contributed by atoms with van der Waals surface area (Å²) >= 11 is 6.44. The van der Waals surface area contributed by atoms with Gasteiger partial charge < -0.3 is 10.3 Å². The maximum atomic E-state index is 13.8. The molecule has 0 aliphatic heterocycles. The Bertz CT molecular complexity index is 1520. The Labute approximate surface area is 193 Å². The van der Waals surface area contributed by atoms with Gasteiger partial charge in [0.1, 0.15) is 17.7 Å². The molecule has 1 aliphatic carbocycles. The van der Waals surface area contributed by atoms with E-state index >= 15 is 0 Å². The lowest BCUT2D eigenvalue weighted by Crippen LogP contribution is -2.34. The van der Waals surface area contributed by atoms with E-state index in [-0.39, 0.29) is 11.6 Å². The van der Waals surface area contributed by atoms with Crippen LogP contribution in [0.5, 0.6) is 0 Å². The number of imidazole rings is 1. The maximum absolute atomic E-state index is 13.8. The second-order valence-corrected chi connectivity index (χ2v) is 8.62. The number of benzene rings is 2. The van der Waals surface area contributed by atoms with E-state index in [0.717, 1.165) is 30.5 Å². The number of fused-ring (bicyclic) bond motifs is 2. The monoisotopic (exact) mass is 457 g/mol. The molecule has 5 aromatic rings. The number of hydrogen-bond acceptors (Lipinski definition) is 6. The molecule has 0 radical (unpaired) electrons. The van der Waals surface area contributed by atoms with Crippen molar-refractivity contribution in [3.05, 3.63) is 82.4 Å². The number of para-hydroxylation sites is 1. The first-order valence-corrected chi connectivity index (χ1v) is 11.3. The normalized spacial score (nSPS) is 14.9. The molecule has 3 heterocycles. The Morgan fingerprint density at radius 2 is 1.91 bits per heavy atom. The van der Waals surface area contributed by atoms with Crippen LogP contribution in [0.4, 0.5) is 5.82 Å². The van der Waals surface area contributed by atoms with Crippen molar-refractivity contribution in [2.24, 2.45) is 5.92 Å². The van der Waals surface area contributed by atoms with Crippen LogP contribution < -0.4 is 10.9 Å². The smallest absolute Gasteiger partial charge is 0.267 e. The number of hydrogen-bond donors (Lipinski definition) is 2. The molecule has 1 fully saturated rings. The molecule has 33 heavy (non-hydrogen) atoms. The van der Waals surface area contributed by atoms with Crippen LogP contribution in [0, 0.1) is 5.92 Å². The Hall–Kier alpha value is -3.78. The highest BCUT2D eigenvalue weighted by Crippen LogP contribution is 2.40. The number of rotatable bonds is 5. The molecule has 1 unspecified atom stereocenters. The summed E-state index contributed by atoms with van der Waals surface area (Å²) in [6, 6.07) is 14.7. The van der Waals surface area contributed by atoms with E-state index < -0.39 is 0 Å². The first-order chi connectivity index (χ1) is 16.2. The van der Waals surface area contributed by atoms with Crippen LogP contribution in [0.3, 0.4) is 0 Å². The fraction of sp³-hybridized carbons (Fsp3) is 0.208. The number of nitrogens with zero attached hydrogens (tertiary/aromatic N) is 5. The van der Waals surface area contributed by atoms with E-state index in [4.69, 9.17) is 16.6 Å². The molecule has 0 amide bonds. The molecule has 0 bridgehead atoms. The predicted molar refractivity (Wildman–Crippen MR) is 128 cm³/mol. The van der Waals surface area contributed by atoms with Crippen molar-refractivity contribution < 1.29 is 0 Å². The molecule has 0 saturated heterocycles. The second-order valence-electron chi connectivity index (χ2n) is 8.22. The molecule has 1 aliphatic rings. The van der Waals surface area contributed by atoms with Gasteiger partial charge in [0.2, 0.25) is 0 Å². The van der Waals surface area contributed by atoms with Crippen molar-refractivity contribution in [2.45, 2.75) is 25.3 Å². The minimum Gasteiger partial charge on any atom is -0.358 e. The summed E-state index contributed by atoms with van der Waals surface area (Å²) in [5, 5.41) is 4.37. The Kier molecular flexibility index (Phi) is 4.80. The zero-order valence-electron chi connectivity index (χ0n) is 17.6. The standard InChI is InChI=1S/C24H20ClN7O/c25-16-10-5-11-17-18(16)24(33)32(15-8-2-1-3-9-15)23(30-17)19(14-6-4-7-14)31-22-20-21(27-12-26-20)28-13-29-22/h1-3,5,8-14,19H,4,6-7H2,(H2,26,27,28,29,31). The molecule has 2 aromatic carbocycles. The highest BCUT2D eigenvalue weighted by molar-refractivity contribution is 6.35. The third kappa shape index (κ3) is 3.34. The van der Waals surface area contributed by atoms with Crippen LogP contribution >= 0.6 is 11.6 Å². The molecule has 8 nitrogen and oxygen atoms in total. The number of nitrogens with one attached hydrogen (secondary N) is 2. The van der Waals surface area contributed by atoms with Gasteiger partial charge in [0.25, 0.3) is 5.56 Å². The van der Waals surface area contributed by atoms with Crippen molar-refractivity contribution in [1.29, 1.82) is 0 Å². The summed E-state index contributed by atoms with van der Waals surface area (Å²) in [6.45, 7) is 0. The van der Waals surface area contributed by atoms with E-state index in [1.807, 2.05) is 42.5 Å². The number of H-pyrrole nitrogens is 1. The summed E-state index contributed by atoms with van der Waals surface area (Å²) in [5.41, 5.74) is 2.44. The van der Waals surface area contributed by atoms with E-state index in [0.29, 0.717) is 39.1 Å². The number of aromatic amines is 1. The van der Waals surface area contributed by atoms with Crippen molar-refractivity contribution in [1.82, 2.24) is 29.5 Å². The predicted octanol–water partition coefficient (Wildman–Crippen LogP) is 4.66. The van der Waals surface area contributed by atoms with Gasteiger partial charge in [0.15, 0.2) is 11.5 Å². The lowest BCUT2D eigenvalue weighted by molar-refractivity contribution is 0.268. The highest BCUT2D eigenvalue weighted by atomic mass is 35.5. The van der Waals surface area contributed by atoms with Crippen LogP contribution in [0.1, 0.15) is 31.1 Å². The molecular formula is C24H20ClN7O. The Morgan fingerprint density at radius 1 is 1.06 bits per heavy atom. The van der Waals surface area contributed by atoms with Crippen LogP contribution in [-0.4, -0.2) is 29.5 Å².